The molecule has 0 bridgehead atoms. The maximum Gasteiger partial charge on any atom is 0.524 e. The third-order valence-electron chi connectivity index (χ3n) is 4.03. The average molecular weight is 669 g/mol. The molecule has 25 heteroatoms. The van der Waals surface area contributed by atoms with Crippen molar-refractivity contribution in [2.75, 3.05) is 13.2 Å². The van der Waals surface area contributed by atoms with Gasteiger partial charge in [-0.05, 0) is 12.1 Å². The van der Waals surface area contributed by atoms with Gasteiger partial charge in [0.2, 0.25) is 0 Å². The lowest BCUT2D eigenvalue weighted by Gasteiger charge is -2.20. The molecule has 2 amide bonds. The van der Waals surface area contributed by atoms with Crippen molar-refractivity contribution < 1.29 is 90.9 Å². The largest absolute Gasteiger partial charge is 0.524 e. The van der Waals surface area contributed by atoms with Crippen molar-refractivity contribution in [1.29, 1.82) is 0 Å². The molecule has 1 heterocycles. The van der Waals surface area contributed by atoms with Gasteiger partial charge in [0.05, 0.1) is 11.1 Å². The van der Waals surface area contributed by atoms with Gasteiger partial charge in [0.1, 0.15) is 6.61 Å². The Morgan fingerprint density at radius 2 is 0.975 bits per heavy atom. The van der Waals surface area contributed by atoms with Crippen LogP contribution in [0.4, 0.5) is 48.3 Å². The summed E-state index contributed by atoms with van der Waals surface area (Å²) in [7, 11) is -19.9. The van der Waals surface area contributed by atoms with Crippen molar-refractivity contribution in [1.82, 2.24) is 4.90 Å². The van der Waals surface area contributed by atoms with Crippen LogP contribution in [0.3, 0.4) is 0 Å². The number of imide groups is 1. The Morgan fingerprint density at radius 1 is 0.625 bits per heavy atom. The minimum absolute atomic E-state index is 0.0201. The van der Waals surface area contributed by atoms with E-state index in [-0.39, 0.29) is 11.1 Å². The fourth-order valence-corrected chi connectivity index (χ4v) is 4.24. The van der Waals surface area contributed by atoms with Crippen molar-refractivity contribution in [3.8, 4) is 0 Å². The molecule has 1 aromatic rings. The van der Waals surface area contributed by atoms with Crippen LogP contribution in [0.5, 0.6) is 0 Å². The van der Waals surface area contributed by atoms with Crippen LogP contribution in [0.25, 0.3) is 0 Å². The molecule has 0 aromatic heterocycles. The fourth-order valence-electron chi connectivity index (χ4n) is 2.22. The molecule has 0 atom stereocenters. The molecule has 0 aliphatic carbocycles. The average Bonchev–Trinajstić information content (AvgIpc) is 2.99. The molecule has 0 N–H and O–H groups in total. The monoisotopic (exact) mass is 669 g/mol. The van der Waals surface area contributed by atoms with E-state index in [1.807, 2.05) is 3.63 Å². The molecule has 40 heavy (non-hydrogen) atoms. The molecular weight excluding hydrogens is 659 g/mol. The first kappa shape index (κ1) is 35.4. The molecule has 1 aromatic carbocycles. The first-order valence-corrected chi connectivity index (χ1v) is 13.4. The van der Waals surface area contributed by atoms with E-state index in [1.165, 1.54) is 24.3 Å². The lowest BCUT2D eigenvalue weighted by atomic mass is 10.1. The van der Waals surface area contributed by atoms with Gasteiger partial charge in [-0.2, -0.15) is 64.8 Å². The quantitative estimate of drug-likeness (QED) is 0.175. The van der Waals surface area contributed by atoms with Gasteiger partial charge in [-0.25, -0.2) is 8.78 Å². The predicted molar refractivity (Wildman–Crippen MR) is 103 cm³/mol. The molecule has 230 valence electrons. The van der Waals surface area contributed by atoms with Gasteiger partial charge >= 0.3 is 46.9 Å². The van der Waals surface area contributed by atoms with Crippen molar-refractivity contribution >= 4 is 42.2 Å². The van der Waals surface area contributed by atoms with Gasteiger partial charge in [-0.1, -0.05) is 12.1 Å². The van der Waals surface area contributed by atoms with E-state index < -0.39 is 84.2 Å². The summed E-state index contributed by atoms with van der Waals surface area (Å²) >= 11 is 0. The smallest absolute Gasteiger partial charge is 0.274 e. The van der Waals surface area contributed by atoms with Crippen molar-refractivity contribution in [2.45, 2.75) is 28.9 Å². The normalized spacial score (nSPS) is 15.5. The first-order valence-electron chi connectivity index (χ1n) is 9.19. The Morgan fingerprint density at radius 3 is 1.30 bits per heavy atom. The number of halogens is 11. The topological polar surface area (TPSA) is 158 Å². The minimum Gasteiger partial charge on any atom is -0.274 e. The molecule has 0 spiro atoms. The third-order valence-corrected chi connectivity index (χ3v) is 7.60. The number of amides is 2. The molecule has 0 fully saturated rings. The summed E-state index contributed by atoms with van der Waals surface area (Å²) in [6, 6.07) is 5.59. The number of carbonyl (C=O) groups excluding carboxylic acids is 2. The van der Waals surface area contributed by atoms with Gasteiger partial charge in [-0.3, -0.25) is 18.7 Å². The molecular formula is C15H10F11NO10S3. The third kappa shape index (κ3) is 8.43. The predicted octanol–water partition coefficient (Wildman–Crippen LogP) is 2.88. The van der Waals surface area contributed by atoms with Gasteiger partial charge in [0, 0.05) is 13.0 Å². The van der Waals surface area contributed by atoms with Gasteiger partial charge in [-0.15, -0.1) is 3.63 Å². The lowest BCUT2D eigenvalue weighted by molar-refractivity contribution is -0.0754. The second kappa shape index (κ2) is 11.3. The molecule has 0 saturated carbocycles. The van der Waals surface area contributed by atoms with E-state index in [0.717, 1.165) is 0 Å². The molecule has 0 radical (unpaired) electrons. The zero-order valence-electron chi connectivity index (χ0n) is 18.3. The summed E-state index contributed by atoms with van der Waals surface area (Å²) in [5.41, 5.74) is -18.3. The van der Waals surface area contributed by atoms with Gasteiger partial charge in [0.25, 0.3) is 17.7 Å². The zero-order valence-corrected chi connectivity index (χ0v) is 20.8. The SMILES string of the molecule is O=C1c2ccccc2C(=O)N1CCC(F)(F)COS(=O)(=O)C(F)(F)F.O=S(=O)(OS(=O)(=O)C(F)(F)F)C(F)(F)F. The van der Waals surface area contributed by atoms with E-state index in [1.54, 1.807) is 0 Å². The fraction of sp³-hybridized carbons (Fsp3) is 0.467. The molecule has 11 nitrogen and oxygen atoms in total. The Bertz CT molecular complexity index is 1370. The standard InChI is InChI=1S/C13H10F5NO5S.C2F6O5S2/c14-12(15,7-24-25(22,23)13(16,17)18)5-6-19-10(20)8-3-1-2-4-9(8)11(19)21;3-1(4,5)14(9,10)13-15(11,12)2(6,7)8/h1-4H,5-7H2;. The van der Waals surface area contributed by atoms with Crippen LogP contribution in [-0.4, -0.2) is 77.6 Å². The number of carbonyl (C=O) groups is 2. The maximum atomic E-state index is 13.6. The highest BCUT2D eigenvalue weighted by Gasteiger charge is 2.57. The summed E-state index contributed by atoms with van der Waals surface area (Å²) in [4.78, 5) is 24.4. The number of nitrogens with zero attached hydrogens (tertiary/aromatic N) is 1. The maximum absolute atomic E-state index is 13.6. The van der Waals surface area contributed by atoms with Crippen molar-refractivity contribution in [3.05, 3.63) is 35.4 Å². The van der Waals surface area contributed by atoms with E-state index in [0.29, 0.717) is 4.90 Å². The summed E-state index contributed by atoms with van der Waals surface area (Å²) in [6.45, 7) is -2.87. The van der Waals surface area contributed by atoms with E-state index in [2.05, 4.69) is 4.18 Å². The van der Waals surface area contributed by atoms with E-state index >= 15 is 0 Å². The van der Waals surface area contributed by atoms with Crippen LogP contribution in [0, 0.1) is 0 Å². The van der Waals surface area contributed by atoms with Crippen LogP contribution in [0.15, 0.2) is 24.3 Å². The Kier molecular flexibility index (Phi) is 10.0. The minimum atomic E-state index is -6.85. The molecule has 0 unspecified atom stereocenters. The van der Waals surface area contributed by atoms with Crippen LogP contribution in [0.1, 0.15) is 27.1 Å². The van der Waals surface area contributed by atoms with Crippen molar-refractivity contribution in [2.24, 2.45) is 0 Å². The Balaban J connectivity index is 0.000000459. The van der Waals surface area contributed by atoms with Crippen LogP contribution < -0.4 is 0 Å². The highest BCUT2D eigenvalue weighted by atomic mass is 32.3. The number of benzene rings is 1. The number of hydrogen-bond donors (Lipinski definition) is 0. The van der Waals surface area contributed by atoms with Crippen LogP contribution >= 0.6 is 0 Å². The number of fused-ring (bicyclic) bond motifs is 1. The second-order valence-electron chi connectivity index (χ2n) is 6.94. The van der Waals surface area contributed by atoms with E-state index in [9.17, 15) is 83.1 Å². The van der Waals surface area contributed by atoms with Crippen molar-refractivity contribution in [3.63, 3.8) is 0 Å². The van der Waals surface area contributed by atoms with Gasteiger partial charge in [0.15, 0.2) is 0 Å². The first-order chi connectivity index (χ1) is 17.6. The number of hydrogen-bond acceptors (Lipinski definition) is 10. The van der Waals surface area contributed by atoms with E-state index in [4.69, 9.17) is 0 Å². The second-order valence-corrected chi connectivity index (χ2v) is 11.8. The highest BCUT2D eigenvalue weighted by molar-refractivity contribution is 8.00. The highest BCUT2D eigenvalue weighted by Crippen LogP contribution is 2.32. The number of rotatable bonds is 8. The molecule has 2 rings (SSSR count). The molecule has 1 aliphatic rings. The van der Waals surface area contributed by atoms with Crippen LogP contribution in [0.2, 0.25) is 0 Å². The summed E-state index contributed by atoms with van der Waals surface area (Å²) in [5, 5.41) is 0. The zero-order chi connectivity index (χ0) is 31.8. The summed E-state index contributed by atoms with van der Waals surface area (Å²) < 4.78 is 198. The lowest BCUT2D eigenvalue weighted by Crippen LogP contribution is -2.37. The Labute approximate surface area is 215 Å². The molecule has 0 saturated heterocycles. The Hall–Kier alpha value is -2.64. The van der Waals surface area contributed by atoms with Crippen LogP contribution in [-0.2, 0) is 38.2 Å². The van der Waals surface area contributed by atoms with Gasteiger partial charge < -0.3 is 0 Å². The summed E-state index contributed by atoms with van der Waals surface area (Å²) in [6.07, 6.45) is -1.26. The molecule has 1 aliphatic heterocycles. The summed E-state index contributed by atoms with van der Waals surface area (Å²) in [5.74, 6) is -5.64. The number of alkyl halides is 11.